The summed E-state index contributed by atoms with van der Waals surface area (Å²) in [5.41, 5.74) is -1.79. The van der Waals surface area contributed by atoms with Gasteiger partial charge in [-0.2, -0.15) is 13.2 Å². The van der Waals surface area contributed by atoms with Gasteiger partial charge in [-0.05, 0) is 31.2 Å². The number of aliphatic carboxylic acids is 1. The van der Waals surface area contributed by atoms with Gasteiger partial charge < -0.3 is 15.3 Å². The summed E-state index contributed by atoms with van der Waals surface area (Å²) in [5.74, 6) is -2.91. The molecule has 1 amide bonds. The number of anilines is 2. The largest absolute Gasteiger partial charge is 0.480 e. The molecule has 0 spiro atoms. The highest BCUT2D eigenvalue weighted by Crippen LogP contribution is 2.36. The van der Waals surface area contributed by atoms with Crippen LogP contribution in [0, 0.1) is 5.82 Å². The van der Waals surface area contributed by atoms with E-state index in [-0.39, 0.29) is 32.8 Å². The van der Waals surface area contributed by atoms with Crippen molar-refractivity contribution in [1.29, 1.82) is 0 Å². The third-order valence-corrected chi connectivity index (χ3v) is 6.48. The second-order valence-corrected chi connectivity index (χ2v) is 9.04. The molecule has 1 aliphatic rings. The fraction of sp³-hybridized carbons (Fsp3) is 0.273. The average molecular weight is 544 g/mol. The highest BCUT2D eigenvalue weighted by Gasteiger charge is 2.35. The summed E-state index contributed by atoms with van der Waals surface area (Å²) in [5, 5.41) is 16.6. The van der Waals surface area contributed by atoms with E-state index in [1.54, 1.807) is 4.90 Å². The minimum Gasteiger partial charge on any atom is -0.480 e. The van der Waals surface area contributed by atoms with Crippen molar-refractivity contribution in [3.05, 3.63) is 57.8 Å². The molecule has 1 aromatic carbocycles. The predicted molar refractivity (Wildman–Crippen MR) is 126 cm³/mol. The van der Waals surface area contributed by atoms with Crippen molar-refractivity contribution >= 4 is 45.8 Å². The Labute approximate surface area is 210 Å². The number of hydrogen-bond acceptors (Lipinski definition) is 7. The molecule has 0 aliphatic carbocycles. The quantitative estimate of drug-likeness (QED) is 0.406. The molecule has 14 heteroatoms. The van der Waals surface area contributed by atoms with Crippen LogP contribution in [0.2, 0.25) is 5.02 Å². The molecule has 0 radical (unpaired) electrons. The average Bonchev–Trinajstić information content (AvgIpc) is 3.12. The standard InChI is InChI=1S/C22H18ClF4N5O3S/c23-14-8-11(9-29-18(14)32-7-6-28-5-4-16(32)20(34)35)19(33)31-21-30-15(10-36-21)12-2-1-3-13(17(12)24)22(25,26)27/h1-3,8-10,16,28H,4-7H2,(H,34,35)(H,30,31,33). The molecule has 3 N–H and O–H groups in total. The number of carbonyl (C=O) groups is 2. The lowest BCUT2D eigenvalue weighted by atomic mass is 10.1. The van der Waals surface area contributed by atoms with Crippen LogP contribution in [0.15, 0.2) is 35.8 Å². The molecule has 1 fully saturated rings. The highest BCUT2D eigenvalue weighted by molar-refractivity contribution is 7.14. The molecule has 4 rings (SSSR count). The van der Waals surface area contributed by atoms with Gasteiger partial charge in [0.15, 0.2) is 5.13 Å². The van der Waals surface area contributed by atoms with Crippen molar-refractivity contribution < 1.29 is 32.3 Å². The number of aromatic nitrogens is 2. The van der Waals surface area contributed by atoms with Crippen molar-refractivity contribution in [2.75, 3.05) is 29.9 Å². The van der Waals surface area contributed by atoms with Crippen LogP contribution >= 0.6 is 22.9 Å². The molecule has 1 aliphatic heterocycles. The summed E-state index contributed by atoms with van der Waals surface area (Å²) in [7, 11) is 0. The lowest BCUT2D eigenvalue weighted by Crippen LogP contribution is -2.42. The zero-order chi connectivity index (χ0) is 26.0. The van der Waals surface area contributed by atoms with Gasteiger partial charge in [0, 0.05) is 30.2 Å². The number of alkyl halides is 3. The number of halogens is 5. The number of benzene rings is 1. The number of hydrogen-bond donors (Lipinski definition) is 3. The first-order valence-corrected chi connectivity index (χ1v) is 11.8. The van der Waals surface area contributed by atoms with E-state index in [9.17, 15) is 32.3 Å². The second kappa shape index (κ2) is 10.4. The maximum absolute atomic E-state index is 14.4. The van der Waals surface area contributed by atoms with E-state index in [4.69, 9.17) is 11.6 Å². The van der Waals surface area contributed by atoms with E-state index in [2.05, 4.69) is 20.6 Å². The summed E-state index contributed by atoms with van der Waals surface area (Å²) in [6.45, 7) is 1.40. The molecule has 2 aromatic heterocycles. The summed E-state index contributed by atoms with van der Waals surface area (Å²) in [6, 6.07) is 3.36. The Morgan fingerprint density at radius 3 is 2.75 bits per heavy atom. The molecule has 190 valence electrons. The number of carboxylic acids is 1. The van der Waals surface area contributed by atoms with Gasteiger partial charge in [-0.15, -0.1) is 11.3 Å². The first-order valence-electron chi connectivity index (χ1n) is 10.5. The molecule has 3 aromatic rings. The fourth-order valence-corrected chi connectivity index (χ4v) is 4.70. The van der Waals surface area contributed by atoms with Crippen LogP contribution in [0.25, 0.3) is 11.3 Å². The van der Waals surface area contributed by atoms with Gasteiger partial charge in [-0.25, -0.2) is 19.2 Å². The molecule has 1 atom stereocenters. The smallest absolute Gasteiger partial charge is 0.419 e. The molecule has 0 bridgehead atoms. The van der Waals surface area contributed by atoms with Crippen molar-refractivity contribution in [2.45, 2.75) is 18.6 Å². The van der Waals surface area contributed by atoms with Gasteiger partial charge in [0.05, 0.1) is 21.8 Å². The number of thiazole rings is 1. The number of carboxylic acid groups (broad SMARTS) is 1. The first-order chi connectivity index (χ1) is 17.1. The lowest BCUT2D eigenvalue weighted by Gasteiger charge is -2.28. The van der Waals surface area contributed by atoms with Gasteiger partial charge in [-0.3, -0.25) is 10.1 Å². The first kappa shape index (κ1) is 25.8. The van der Waals surface area contributed by atoms with Crippen LogP contribution in [0.5, 0.6) is 0 Å². The Balaban J connectivity index is 1.52. The molecule has 3 heterocycles. The summed E-state index contributed by atoms with van der Waals surface area (Å²) in [4.78, 5) is 34.2. The van der Waals surface area contributed by atoms with Gasteiger partial charge in [-0.1, -0.05) is 17.7 Å². The SMILES string of the molecule is O=C(Nc1nc(-c2cccc(C(F)(F)F)c2F)cs1)c1cnc(N2CCNCCC2C(=O)O)c(Cl)c1. The van der Waals surface area contributed by atoms with E-state index >= 15 is 0 Å². The fourth-order valence-electron chi connectivity index (χ4n) is 3.72. The van der Waals surface area contributed by atoms with Crippen LogP contribution < -0.4 is 15.5 Å². The summed E-state index contributed by atoms with van der Waals surface area (Å²) < 4.78 is 53.4. The zero-order valence-electron chi connectivity index (χ0n) is 18.3. The third-order valence-electron chi connectivity index (χ3n) is 5.45. The number of amides is 1. The Morgan fingerprint density at radius 2 is 2.06 bits per heavy atom. The normalized spacial score (nSPS) is 16.5. The third kappa shape index (κ3) is 5.42. The molecule has 8 nitrogen and oxygen atoms in total. The predicted octanol–water partition coefficient (Wildman–Crippen LogP) is 4.52. The number of pyridine rings is 1. The lowest BCUT2D eigenvalue weighted by molar-refractivity contribution is -0.140. The zero-order valence-corrected chi connectivity index (χ0v) is 19.8. The van der Waals surface area contributed by atoms with Crippen molar-refractivity contribution in [1.82, 2.24) is 15.3 Å². The van der Waals surface area contributed by atoms with E-state index in [0.29, 0.717) is 32.1 Å². The van der Waals surface area contributed by atoms with Crippen LogP contribution in [-0.4, -0.2) is 52.6 Å². The Hall–Kier alpha value is -3.29. The van der Waals surface area contributed by atoms with Gasteiger partial charge in [0.25, 0.3) is 5.91 Å². The molecule has 0 saturated carbocycles. The minimum absolute atomic E-state index is 0.0246. The Kier molecular flexibility index (Phi) is 7.43. The van der Waals surface area contributed by atoms with Gasteiger partial charge in [0.2, 0.25) is 0 Å². The number of nitrogens with zero attached hydrogens (tertiary/aromatic N) is 3. The Bertz CT molecular complexity index is 1300. The van der Waals surface area contributed by atoms with Crippen molar-refractivity contribution in [2.24, 2.45) is 0 Å². The van der Waals surface area contributed by atoms with Crippen LogP contribution in [0.1, 0.15) is 22.3 Å². The van der Waals surface area contributed by atoms with Gasteiger partial charge >= 0.3 is 12.1 Å². The topological polar surface area (TPSA) is 107 Å². The molecular weight excluding hydrogens is 526 g/mol. The second-order valence-electron chi connectivity index (χ2n) is 7.77. The van der Waals surface area contributed by atoms with Crippen LogP contribution in [-0.2, 0) is 11.0 Å². The van der Waals surface area contributed by atoms with Crippen molar-refractivity contribution in [3.63, 3.8) is 0 Å². The molecular formula is C22H18ClF4N5O3S. The maximum Gasteiger partial charge on any atom is 0.419 e. The molecule has 1 unspecified atom stereocenters. The van der Waals surface area contributed by atoms with Gasteiger partial charge in [0.1, 0.15) is 17.7 Å². The Morgan fingerprint density at radius 1 is 1.28 bits per heavy atom. The molecule has 1 saturated heterocycles. The summed E-state index contributed by atoms with van der Waals surface area (Å²) in [6.07, 6.45) is -3.29. The minimum atomic E-state index is -4.86. The van der Waals surface area contributed by atoms with E-state index in [1.165, 1.54) is 17.6 Å². The van der Waals surface area contributed by atoms with E-state index in [1.807, 2.05) is 0 Å². The number of carbonyl (C=O) groups excluding carboxylic acids is 1. The highest BCUT2D eigenvalue weighted by atomic mass is 35.5. The maximum atomic E-state index is 14.4. The monoisotopic (exact) mass is 543 g/mol. The number of nitrogens with one attached hydrogen (secondary N) is 2. The van der Waals surface area contributed by atoms with Crippen molar-refractivity contribution in [3.8, 4) is 11.3 Å². The van der Waals surface area contributed by atoms with E-state index in [0.717, 1.165) is 23.5 Å². The van der Waals surface area contributed by atoms with E-state index < -0.39 is 35.5 Å². The van der Waals surface area contributed by atoms with Crippen LogP contribution in [0.3, 0.4) is 0 Å². The van der Waals surface area contributed by atoms with Crippen LogP contribution in [0.4, 0.5) is 28.5 Å². The number of rotatable bonds is 5. The summed E-state index contributed by atoms with van der Waals surface area (Å²) >= 11 is 7.24. The molecule has 36 heavy (non-hydrogen) atoms.